The summed E-state index contributed by atoms with van der Waals surface area (Å²) in [5.41, 5.74) is 1.86. The summed E-state index contributed by atoms with van der Waals surface area (Å²) in [5.74, 6) is 0.903. The van der Waals surface area contributed by atoms with Gasteiger partial charge in [0.25, 0.3) is 0 Å². The monoisotopic (exact) mass is 292 g/mol. The Morgan fingerprint density at radius 3 is 2.90 bits per heavy atom. The van der Waals surface area contributed by atoms with Crippen molar-refractivity contribution in [2.24, 2.45) is 0 Å². The Morgan fingerprint density at radius 2 is 2.24 bits per heavy atom. The lowest BCUT2D eigenvalue weighted by atomic mass is 9.91. The number of ether oxygens (including phenoxy) is 3. The average Bonchev–Trinajstić information content (AvgIpc) is 2.89. The first-order valence-corrected chi connectivity index (χ1v) is 7.75. The molecule has 2 unspecified atom stereocenters. The minimum Gasteiger partial charge on any atom is -0.490 e. The molecule has 0 amide bonds. The van der Waals surface area contributed by atoms with E-state index in [9.17, 15) is 5.11 Å². The van der Waals surface area contributed by atoms with Crippen LogP contribution >= 0.6 is 0 Å². The number of rotatable bonds is 3. The first-order chi connectivity index (χ1) is 10.1. The van der Waals surface area contributed by atoms with Gasteiger partial charge in [-0.05, 0) is 37.1 Å². The number of hydrogen-bond acceptors (Lipinski definition) is 4. The molecule has 1 aromatic carbocycles. The van der Waals surface area contributed by atoms with Crippen molar-refractivity contribution in [3.05, 3.63) is 29.3 Å². The first kappa shape index (κ1) is 14.8. The van der Waals surface area contributed by atoms with Crippen LogP contribution in [0.1, 0.15) is 43.4 Å². The maximum atomic E-state index is 9.63. The van der Waals surface area contributed by atoms with Crippen LogP contribution in [0.3, 0.4) is 0 Å². The second-order valence-electron chi connectivity index (χ2n) is 6.27. The maximum absolute atomic E-state index is 9.63. The molecule has 2 heterocycles. The third kappa shape index (κ3) is 3.23. The van der Waals surface area contributed by atoms with E-state index in [2.05, 4.69) is 0 Å². The summed E-state index contributed by atoms with van der Waals surface area (Å²) in [5, 5.41) is 9.63. The lowest BCUT2D eigenvalue weighted by Gasteiger charge is -2.37. The van der Waals surface area contributed by atoms with Crippen LogP contribution in [0.5, 0.6) is 5.75 Å². The summed E-state index contributed by atoms with van der Waals surface area (Å²) in [6.45, 7) is 6.01. The number of benzene rings is 1. The smallest absolute Gasteiger partial charge is 0.122 e. The molecule has 3 rings (SSSR count). The highest BCUT2D eigenvalue weighted by molar-refractivity contribution is 5.37. The topological polar surface area (TPSA) is 47.9 Å². The van der Waals surface area contributed by atoms with Gasteiger partial charge in [-0.15, -0.1) is 0 Å². The highest BCUT2D eigenvalue weighted by Crippen LogP contribution is 2.35. The molecule has 0 aliphatic carbocycles. The molecule has 2 aliphatic heterocycles. The van der Waals surface area contributed by atoms with Crippen LogP contribution < -0.4 is 4.74 Å². The van der Waals surface area contributed by atoms with Crippen molar-refractivity contribution in [3.63, 3.8) is 0 Å². The lowest BCUT2D eigenvalue weighted by molar-refractivity contribution is -0.112. The molecule has 116 valence electrons. The molecular weight excluding hydrogens is 268 g/mol. The highest BCUT2D eigenvalue weighted by atomic mass is 16.6. The van der Waals surface area contributed by atoms with Crippen LogP contribution in [-0.4, -0.2) is 36.6 Å². The number of aryl methyl sites for hydroxylation is 1. The molecule has 4 nitrogen and oxygen atoms in total. The number of aliphatic hydroxyl groups is 1. The fourth-order valence-corrected chi connectivity index (χ4v) is 3.19. The molecule has 3 atom stereocenters. The second-order valence-corrected chi connectivity index (χ2v) is 6.27. The van der Waals surface area contributed by atoms with Crippen LogP contribution in [-0.2, 0) is 9.47 Å². The van der Waals surface area contributed by atoms with Crippen molar-refractivity contribution in [1.29, 1.82) is 0 Å². The third-order valence-electron chi connectivity index (χ3n) is 4.49. The zero-order chi connectivity index (χ0) is 14.9. The van der Waals surface area contributed by atoms with Crippen LogP contribution in [0.25, 0.3) is 0 Å². The summed E-state index contributed by atoms with van der Waals surface area (Å²) >= 11 is 0. The zero-order valence-electron chi connectivity index (χ0n) is 12.8. The fraction of sp³-hybridized carbons (Fsp3) is 0.647. The Labute approximate surface area is 126 Å². The minimum atomic E-state index is -0.445. The van der Waals surface area contributed by atoms with E-state index in [1.54, 1.807) is 6.92 Å². The van der Waals surface area contributed by atoms with Gasteiger partial charge in [0.2, 0.25) is 0 Å². The van der Waals surface area contributed by atoms with E-state index in [4.69, 9.17) is 14.2 Å². The molecule has 2 saturated heterocycles. The van der Waals surface area contributed by atoms with Crippen LogP contribution in [0.4, 0.5) is 0 Å². The van der Waals surface area contributed by atoms with E-state index in [-0.39, 0.29) is 11.7 Å². The van der Waals surface area contributed by atoms with Gasteiger partial charge in [0, 0.05) is 25.9 Å². The molecule has 0 radical (unpaired) electrons. The predicted molar refractivity (Wildman–Crippen MR) is 79.6 cm³/mol. The Morgan fingerprint density at radius 1 is 1.38 bits per heavy atom. The Balaban J connectivity index is 1.68. The summed E-state index contributed by atoms with van der Waals surface area (Å²) in [7, 11) is 0. The normalized spacial score (nSPS) is 30.5. The van der Waals surface area contributed by atoms with Gasteiger partial charge < -0.3 is 19.3 Å². The Bertz CT molecular complexity index is 492. The van der Waals surface area contributed by atoms with Gasteiger partial charge >= 0.3 is 0 Å². The molecular formula is C17H24O4. The Hall–Kier alpha value is -1.10. The van der Waals surface area contributed by atoms with Crippen molar-refractivity contribution in [3.8, 4) is 5.75 Å². The molecule has 0 saturated carbocycles. The van der Waals surface area contributed by atoms with Gasteiger partial charge in [-0.2, -0.15) is 0 Å². The van der Waals surface area contributed by atoms with E-state index in [1.165, 1.54) is 0 Å². The number of hydrogen-bond donors (Lipinski definition) is 1. The lowest BCUT2D eigenvalue weighted by Crippen LogP contribution is -2.44. The standard InChI is InChI=1S/C17H24O4/c1-12-9-14(13(2)18)3-4-16(12)21-15-5-7-20-17(10-15)6-8-19-11-17/h3-4,9,13,15,18H,5-8,10-11H2,1-2H3/t13-,15?,17?/m1/s1. The molecule has 1 spiro atoms. The van der Waals surface area contributed by atoms with Crippen molar-refractivity contribution < 1.29 is 19.3 Å². The summed E-state index contributed by atoms with van der Waals surface area (Å²) in [6, 6.07) is 5.89. The van der Waals surface area contributed by atoms with E-state index in [0.29, 0.717) is 6.61 Å². The van der Waals surface area contributed by atoms with Crippen molar-refractivity contribution in [2.75, 3.05) is 19.8 Å². The second kappa shape index (κ2) is 5.95. The van der Waals surface area contributed by atoms with Gasteiger partial charge in [-0.3, -0.25) is 0 Å². The van der Waals surface area contributed by atoms with Gasteiger partial charge in [0.1, 0.15) is 11.9 Å². The molecule has 2 fully saturated rings. The van der Waals surface area contributed by atoms with Gasteiger partial charge in [0.05, 0.1) is 24.9 Å². The van der Waals surface area contributed by atoms with Crippen molar-refractivity contribution in [1.82, 2.24) is 0 Å². The molecule has 0 bridgehead atoms. The van der Waals surface area contributed by atoms with Crippen molar-refractivity contribution >= 4 is 0 Å². The summed E-state index contributed by atoms with van der Waals surface area (Å²) in [6.07, 6.45) is 2.51. The van der Waals surface area contributed by atoms with E-state index >= 15 is 0 Å². The molecule has 21 heavy (non-hydrogen) atoms. The minimum absolute atomic E-state index is 0.129. The summed E-state index contributed by atoms with van der Waals surface area (Å²) < 4.78 is 17.6. The molecule has 0 aromatic heterocycles. The van der Waals surface area contributed by atoms with Crippen molar-refractivity contribution in [2.45, 2.75) is 50.9 Å². The van der Waals surface area contributed by atoms with E-state index in [0.717, 1.165) is 49.4 Å². The van der Waals surface area contributed by atoms with E-state index < -0.39 is 6.10 Å². The summed E-state index contributed by atoms with van der Waals surface area (Å²) in [4.78, 5) is 0. The largest absolute Gasteiger partial charge is 0.490 e. The fourth-order valence-electron chi connectivity index (χ4n) is 3.19. The third-order valence-corrected chi connectivity index (χ3v) is 4.49. The SMILES string of the molecule is Cc1cc([C@@H](C)O)ccc1OC1CCOC2(CCOC2)C1. The zero-order valence-corrected chi connectivity index (χ0v) is 12.8. The predicted octanol–water partition coefficient (Wildman–Crippen LogP) is 2.77. The van der Waals surface area contributed by atoms with Gasteiger partial charge in [-0.25, -0.2) is 0 Å². The molecule has 1 N–H and O–H groups in total. The average molecular weight is 292 g/mol. The number of aliphatic hydroxyl groups excluding tert-OH is 1. The van der Waals surface area contributed by atoms with Gasteiger partial charge in [-0.1, -0.05) is 6.07 Å². The van der Waals surface area contributed by atoms with Crippen LogP contribution in [0.15, 0.2) is 18.2 Å². The van der Waals surface area contributed by atoms with Crippen LogP contribution in [0.2, 0.25) is 0 Å². The van der Waals surface area contributed by atoms with Gasteiger partial charge in [0.15, 0.2) is 0 Å². The molecule has 1 aromatic rings. The van der Waals surface area contributed by atoms with E-state index in [1.807, 2.05) is 25.1 Å². The Kier molecular flexibility index (Phi) is 4.20. The molecule has 4 heteroatoms. The highest BCUT2D eigenvalue weighted by Gasteiger charge is 2.41. The van der Waals surface area contributed by atoms with Crippen LogP contribution in [0, 0.1) is 6.92 Å². The quantitative estimate of drug-likeness (QED) is 0.930. The first-order valence-electron chi connectivity index (χ1n) is 7.75. The maximum Gasteiger partial charge on any atom is 0.122 e. The molecule has 2 aliphatic rings.